The first-order valence-corrected chi connectivity index (χ1v) is 5.51. The summed E-state index contributed by atoms with van der Waals surface area (Å²) in [5, 5.41) is 12.6. The highest BCUT2D eigenvalue weighted by Gasteiger charge is 2.33. The maximum atomic E-state index is 9.40. The molecular formula is C13H16N2. The number of fused-ring (bicyclic) bond motifs is 1. The van der Waals surface area contributed by atoms with Gasteiger partial charge in [-0.1, -0.05) is 24.3 Å². The van der Waals surface area contributed by atoms with Crippen LogP contribution < -0.4 is 5.32 Å². The molecule has 0 aromatic heterocycles. The van der Waals surface area contributed by atoms with Crippen LogP contribution in [0.25, 0.3) is 0 Å². The van der Waals surface area contributed by atoms with Gasteiger partial charge >= 0.3 is 0 Å². The van der Waals surface area contributed by atoms with Gasteiger partial charge in [0.05, 0.1) is 6.07 Å². The van der Waals surface area contributed by atoms with Crippen LogP contribution in [0, 0.1) is 11.3 Å². The number of aryl methyl sites for hydroxylation is 1. The fourth-order valence-electron chi connectivity index (χ4n) is 2.43. The van der Waals surface area contributed by atoms with Crippen LogP contribution in [0.15, 0.2) is 24.3 Å². The standard InChI is InChI=1S/C13H16N2/c1-15-13(10-14)9-5-4-7-11-6-2-3-8-12(11)13/h2-3,6,8,15H,4-5,7,9H2,1H3. The predicted octanol–water partition coefficient (Wildman–Crippen LogP) is 2.35. The number of rotatable bonds is 1. The summed E-state index contributed by atoms with van der Waals surface area (Å²) >= 11 is 0. The van der Waals surface area contributed by atoms with Crippen LogP contribution >= 0.6 is 0 Å². The van der Waals surface area contributed by atoms with Crippen LogP contribution in [0.5, 0.6) is 0 Å². The van der Waals surface area contributed by atoms with Gasteiger partial charge in [-0.2, -0.15) is 5.26 Å². The van der Waals surface area contributed by atoms with Gasteiger partial charge in [-0.25, -0.2) is 0 Å². The van der Waals surface area contributed by atoms with Crippen molar-refractivity contribution in [2.45, 2.75) is 31.2 Å². The molecule has 2 heteroatoms. The number of nitriles is 1. The van der Waals surface area contributed by atoms with Crippen LogP contribution in [0.3, 0.4) is 0 Å². The molecule has 78 valence electrons. The van der Waals surface area contributed by atoms with Gasteiger partial charge in [-0.05, 0) is 43.9 Å². The molecule has 1 aromatic rings. The summed E-state index contributed by atoms with van der Waals surface area (Å²) in [6.07, 6.45) is 4.31. The van der Waals surface area contributed by atoms with E-state index in [9.17, 15) is 5.26 Å². The fourth-order valence-corrected chi connectivity index (χ4v) is 2.43. The van der Waals surface area contributed by atoms with Crippen molar-refractivity contribution in [2.24, 2.45) is 0 Å². The average Bonchev–Trinajstić information content (AvgIpc) is 2.49. The van der Waals surface area contributed by atoms with Gasteiger partial charge in [0, 0.05) is 0 Å². The predicted molar refractivity (Wildman–Crippen MR) is 60.3 cm³/mol. The van der Waals surface area contributed by atoms with Crippen molar-refractivity contribution in [3.63, 3.8) is 0 Å². The normalized spacial score (nSPS) is 25.1. The van der Waals surface area contributed by atoms with Gasteiger partial charge in [0.15, 0.2) is 0 Å². The molecule has 0 fully saturated rings. The molecule has 0 radical (unpaired) electrons. The van der Waals surface area contributed by atoms with E-state index in [2.05, 4.69) is 29.6 Å². The third-order valence-corrected chi connectivity index (χ3v) is 3.34. The van der Waals surface area contributed by atoms with E-state index >= 15 is 0 Å². The van der Waals surface area contributed by atoms with E-state index < -0.39 is 5.54 Å². The van der Waals surface area contributed by atoms with E-state index in [1.165, 1.54) is 17.5 Å². The molecule has 0 saturated heterocycles. The topological polar surface area (TPSA) is 35.8 Å². The van der Waals surface area contributed by atoms with Crippen molar-refractivity contribution in [1.29, 1.82) is 5.26 Å². The number of nitrogens with one attached hydrogen (secondary N) is 1. The zero-order chi connectivity index (χ0) is 10.7. The monoisotopic (exact) mass is 200 g/mol. The molecular weight excluding hydrogens is 184 g/mol. The Labute approximate surface area is 90.9 Å². The Bertz CT molecular complexity index is 392. The van der Waals surface area contributed by atoms with E-state index in [0.29, 0.717) is 0 Å². The van der Waals surface area contributed by atoms with E-state index in [4.69, 9.17) is 0 Å². The van der Waals surface area contributed by atoms with E-state index in [1.807, 2.05) is 13.1 Å². The van der Waals surface area contributed by atoms with E-state index in [-0.39, 0.29) is 0 Å². The van der Waals surface area contributed by atoms with Gasteiger partial charge in [0.2, 0.25) is 0 Å². The molecule has 0 spiro atoms. The molecule has 0 bridgehead atoms. The molecule has 1 unspecified atom stereocenters. The largest absolute Gasteiger partial charge is 0.299 e. The molecule has 2 rings (SSSR count). The third-order valence-electron chi connectivity index (χ3n) is 3.34. The van der Waals surface area contributed by atoms with Crippen LogP contribution in [-0.2, 0) is 12.0 Å². The van der Waals surface area contributed by atoms with Gasteiger partial charge < -0.3 is 0 Å². The average molecular weight is 200 g/mol. The van der Waals surface area contributed by atoms with Crippen molar-refractivity contribution >= 4 is 0 Å². The zero-order valence-corrected chi connectivity index (χ0v) is 9.09. The molecule has 1 aliphatic rings. The lowest BCUT2D eigenvalue weighted by molar-refractivity contribution is 0.425. The van der Waals surface area contributed by atoms with Crippen molar-refractivity contribution < 1.29 is 0 Å². The summed E-state index contributed by atoms with van der Waals surface area (Å²) < 4.78 is 0. The molecule has 0 heterocycles. The number of nitrogens with zero attached hydrogens (tertiary/aromatic N) is 1. The molecule has 1 N–H and O–H groups in total. The Morgan fingerprint density at radius 2 is 2.13 bits per heavy atom. The smallest absolute Gasteiger partial charge is 0.132 e. The Hall–Kier alpha value is -1.33. The Morgan fingerprint density at radius 3 is 2.87 bits per heavy atom. The number of hydrogen-bond donors (Lipinski definition) is 1. The first kappa shape index (κ1) is 10.2. The maximum absolute atomic E-state index is 9.40. The summed E-state index contributed by atoms with van der Waals surface area (Å²) in [6, 6.07) is 10.8. The first-order chi connectivity index (χ1) is 7.32. The minimum absolute atomic E-state index is 0.465. The second kappa shape index (κ2) is 4.04. The fraction of sp³-hybridized carbons (Fsp3) is 0.462. The highest BCUT2D eigenvalue weighted by atomic mass is 14.9. The third kappa shape index (κ3) is 1.64. The van der Waals surface area contributed by atoms with Crippen LogP contribution in [0.4, 0.5) is 0 Å². The number of benzene rings is 1. The van der Waals surface area contributed by atoms with Crippen molar-refractivity contribution in [3.8, 4) is 6.07 Å². The molecule has 1 atom stereocenters. The summed E-state index contributed by atoms with van der Waals surface area (Å²) in [5.41, 5.74) is 2.03. The van der Waals surface area contributed by atoms with Crippen LogP contribution in [-0.4, -0.2) is 7.05 Å². The van der Waals surface area contributed by atoms with E-state index in [1.54, 1.807) is 0 Å². The zero-order valence-electron chi connectivity index (χ0n) is 9.09. The first-order valence-electron chi connectivity index (χ1n) is 5.51. The molecule has 0 saturated carbocycles. The second-order valence-corrected chi connectivity index (χ2v) is 4.13. The summed E-state index contributed by atoms with van der Waals surface area (Å²) in [7, 11) is 1.88. The molecule has 2 nitrogen and oxygen atoms in total. The van der Waals surface area contributed by atoms with Gasteiger partial charge in [-0.15, -0.1) is 0 Å². The maximum Gasteiger partial charge on any atom is 0.132 e. The lowest BCUT2D eigenvalue weighted by atomic mass is 9.86. The SMILES string of the molecule is CNC1(C#N)CCCCc2ccccc21. The Kier molecular flexibility index (Phi) is 2.75. The highest BCUT2D eigenvalue weighted by Crippen LogP contribution is 2.33. The Morgan fingerprint density at radius 1 is 1.33 bits per heavy atom. The second-order valence-electron chi connectivity index (χ2n) is 4.13. The highest BCUT2D eigenvalue weighted by molar-refractivity contribution is 5.39. The van der Waals surface area contributed by atoms with Crippen molar-refractivity contribution in [3.05, 3.63) is 35.4 Å². The van der Waals surface area contributed by atoms with Gasteiger partial charge in [-0.3, -0.25) is 5.32 Å². The van der Waals surface area contributed by atoms with Crippen LogP contribution in [0.1, 0.15) is 30.4 Å². The minimum Gasteiger partial charge on any atom is -0.299 e. The number of hydrogen-bond acceptors (Lipinski definition) is 2. The molecule has 1 aliphatic carbocycles. The lowest BCUT2D eigenvalue weighted by Gasteiger charge is -2.26. The molecule has 1 aromatic carbocycles. The Balaban J connectivity index is 2.55. The van der Waals surface area contributed by atoms with Crippen molar-refractivity contribution in [1.82, 2.24) is 5.32 Å². The molecule has 0 aliphatic heterocycles. The summed E-state index contributed by atoms with van der Waals surface area (Å²) in [5.74, 6) is 0. The molecule has 0 amide bonds. The molecule has 15 heavy (non-hydrogen) atoms. The van der Waals surface area contributed by atoms with E-state index in [0.717, 1.165) is 19.3 Å². The van der Waals surface area contributed by atoms with Crippen molar-refractivity contribution in [2.75, 3.05) is 7.05 Å². The quantitative estimate of drug-likeness (QED) is 0.706. The van der Waals surface area contributed by atoms with Gasteiger partial charge in [0.25, 0.3) is 0 Å². The summed E-state index contributed by atoms with van der Waals surface area (Å²) in [4.78, 5) is 0. The van der Waals surface area contributed by atoms with Gasteiger partial charge in [0.1, 0.15) is 5.54 Å². The van der Waals surface area contributed by atoms with Crippen LogP contribution in [0.2, 0.25) is 0 Å². The lowest BCUT2D eigenvalue weighted by Crippen LogP contribution is -2.38. The summed E-state index contributed by atoms with van der Waals surface area (Å²) in [6.45, 7) is 0. The minimum atomic E-state index is -0.465.